The SMILES string of the molecule is Cc1cc(C)c(C(=O)CN2CCC(C)CC2)c(C)c1. The molecule has 0 bridgehead atoms. The molecular weight excluding hydrogens is 234 g/mol. The summed E-state index contributed by atoms with van der Waals surface area (Å²) >= 11 is 0. The van der Waals surface area contributed by atoms with E-state index in [1.54, 1.807) is 0 Å². The lowest BCUT2D eigenvalue weighted by Gasteiger charge is -2.29. The van der Waals surface area contributed by atoms with Crippen molar-refractivity contribution in [2.45, 2.75) is 40.5 Å². The average molecular weight is 259 g/mol. The monoisotopic (exact) mass is 259 g/mol. The molecule has 2 heteroatoms. The smallest absolute Gasteiger partial charge is 0.177 e. The fourth-order valence-electron chi connectivity index (χ4n) is 3.12. The van der Waals surface area contributed by atoms with E-state index in [1.165, 1.54) is 18.4 Å². The molecule has 1 aromatic carbocycles. The number of aryl methyl sites for hydroxylation is 3. The molecule has 0 atom stereocenters. The second-order valence-corrected chi connectivity index (χ2v) is 6.16. The number of likely N-dealkylation sites (tertiary alicyclic amines) is 1. The van der Waals surface area contributed by atoms with Crippen LogP contribution in [0.5, 0.6) is 0 Å². The average Bonchev–Trinajstić information content (AvgIpc) is 2.30. The summed E-state index contributed by atoms with van der Waals surface area (Å²) in [4.78, 5) is 14.8. The molecule has 0 saturated carbocycles. The van der Waals surface area contributed by atoms with Crippen LogP contribution >= 0.6 is 0 Å². The number of hydrogen-bond acceptors (Lipinski definition) is 2. The van der Waals surface area contributed by atoms with Crippen LogP contribution in [0.4, 0.5) is 0 Å². The van der Waals surface area contributed by atoms with E-state index in [-0.39, 0.29) is 5.78 Å². The standard InChI is InChI=1S/C17H25NO/c1-12-5-7-18(8-6-12)11-16(19)17-14(3)9-13(2)10-15(17)4/h9-10,12H,5-8,11H2,1-4H3. The molecule has 0 aliphatic carbocycles. The number of carbonyl (C=O) groups excluding carboxylic acids is 1. The molecule has 2 nitrogen and oxygen atoms in total. The highest BCUT2D eigenvalue weighted by atomic mass is 16.1. The van der Waals surface area contributed by atoms with E-state index >= 15 is 0 Å². The Labute approximate surface area is 116 Å². The highest BCUT2D eigenvalue weighted by Crippen LogP contribution is 2.20. The van der Waals surface area contributed by atoms with Crippen LogP contribution in [-0.4, -0.2) is 30.3 Å². The Balaban J connectivity index is 2.08. The minimum absolute atomic E-state index is 0.282. The van der Waals surface area contributed by atoms with Crippen molar-refractivity contribution in [3.05, 3.63) is 34.4 Å². The highest BCUT2D eigenvalue weighted by molar-refractivity contribution is 6.00. The van der Waals surface area contributed by atoms with Gasteiger partial charge in [-0.15, -0.1) is 0 Å². The normalized spacial score (nSPS) is 17.7. The van der Waals surface area contributed by atoms with Gasteiger partial charge in [-0.2, -0.15) is 0 Å². The lowest BCUT2D eigenvalue weighted by Crippen LogP contribution is -2.37. The van der Waals surface area contributed by atoms with Gasteiger partial charge in [-0.25, -0.2) is 0 Å². The van der Waals surface area contributed by atoms with Crippen molar-refractivity contribution >= 4 is 5.78 Å². The van der Waals surface area contributed by atoms with Crippen molar-refractivity contribution in [3.8, 4) is 0 Å². The summed E-state index contributed by atoms with van der Waals surface area (Å²) in [6, 6.07) is 4.22. The highest BCUT2D eigenvalue weighted by Gasteiger charge is 2.20. The van der Waals surface area contributed by atoms with Crippen LogP contribution < -0.4 is 0 Å². The first kappa shape index (κ1) is 14.3. The van der Waals surface area contributed by atoms with Crippen LogP contribution in [0, 0.1) is 26.7 Å². The molecule has 1 heterocycles. The zero-order valence-corrected chi connectivity index (χ0v) is 12.6. The second-order valence-electron chi connectivity index (χ2n) is 6.16. The largest absolute Gasteiger partial charge is 0.296 e. The maximum Gasteiger partial charge on any atom is 0.177 e. The Bertz CT molecular complexity index is 447. The molecule has 1 saturated heterocycles. The number of carbonyl (C=O) groups is 1. The summed E-state index contributed by atoms with van der Waals surface area (Å²) in [5.74, 6) is 1.10. The number of Topliss-reactive ketones (excluding diaryl/α,β-unsaturated/α-hetero) is 1. The first-order valence-electron chi connectivity index (χ1n) is 7.30. The molecule has 104 valence electrons. The topological polar surface area (TPSA) is 20.3 Å². The quantitative estimate of drug-likeness (QED) is 0.774. The lowest BCUT2D eigenvalue weighted by molar-refractivity contribution is 0.0898. The van der Waals surface area contributed by atoms with Crippen LogP contribution in [0.25, 0.3) is 0 Å². The van der Waals surface area contributed by atoms with Crippen molar-refractivity contribution < 1.29 is 4.79 Å². The van der Waals surface area contributed by atoms with E-state index in [2.05, 4.69) is 30.9 Å². The summed E-state index contributed by atoms with van der Waals surface area (Å²) in [6.45, 7) is 11.2. The van der Waals surface area contributed by atoms with Gasteiger partial charge in [0.2, 0.25) is 0 Å². The van der Waals surface area contributed by atoms with E-state index < -0.39 is 0 Å². The van der Waals surface area contributed by atoms with Crippen LogP contribution in [0.3, 0.4) is 0 Å². The van der Waals surface area contributed by atoms with Gasteiger partial charge in [-0.1, -0.05) is 24.6 Å². The number of benzene rings is 1. The molecule has 1 aliphatic heterocycles. The molecular formula is C17H25NO. The van der Waals surface area contributed by atoms with Gasteiger partial charge < -0.3 is 0 Å². The predicted octanol–water partition coefficient (Wildman–Crippen LogP) is 3.53. The Hall–Kier alpha value is -1.15. The summed E-state index contributed by atoms with van der Waals surface area (Å²) in [5, 5.41) is 0. The second kappa shape index (κ2) is 5.87. The molecule has 2 rings (SSSR count). The summed E-state index contributed by atoms with van der Waals surface area (Å²) in [5.41, 5.74) is 4.41. The summed E-state index contributed by atoms with van der Waals surface area (Å²) in [7, 11) is 0. The Kier molecular flexibility index (Phi) is 4.41. The molecule has 1 aromatic rings. The van der Waals surface area contributed by atoms with Gasteiger partial charge in [-0.3, -0.25) is 9.69 Å². The third-order valence-electron chi connectivity index (χ3n) is 4.20. The van der Waals surface area contributed by atoms with Gasteiger partial charge in [0.15, 0.2) is 5.78 Å². The molecule has 19 heavy (non-hydrogen) atoms. The Morgan fingerprint density at radius 1 is 1.16 bits per heavy atom. The van der Waals surface area contributed by atoms with E-state index in [0.717, 1.165) is 35.7 Å². The molecule has 1 aliphatic rings. The molecule has 0 spiro atoms. The van der Waals surface area contributed by atoms with Crippen molar-refractivity contribution in [2.75, 3.05) is 19.6 Å². The lowest BCUT2D eigenvalue weighted by atomic mass is 9.95. The molecule has 0 N–H and O–H groups in total. The van der Waals surface area contributed by atoms with E-state index in [9.17, 15) is 4.79 Å². The summed E-state index contributed by atoms with van der Waals surface area (Å²) < 4.78 is 0. The van der Waals surface area contributed by atoms with Crippen molar-refractivity contribution in [1.29, 1.82) is 0 Å². The van der Waals surface area contributed by atoms with Crippen molar-refractivity contribution in [1.82, 2.24) is 4.90 Å². The molecule has 0 amide bonds. The number of piperidine rings is 1. The van der Waals surface area contributed by atoms with E-state index in [0.29, 0.717) is 6.54 Å². The number of hydrogen-bond donors (Lipinski definition) is 0. The minimum atomic E-state index is 0.282. The maximum absolute atomic E-state index is 12.5. The zero-order chi connectivity index (χ0) is 14.0. The fraction of sp³-hybridized carbons (Fsp3) is 0.588. The molecule has 0 radical (unpaired) electrons. The minimum Gasteiger partial charge on any atom is -0.296 e. The predicted molar refractivity (Wildman–Crippen MR) is 79.8 cm³/mol. The van der Waals surface area contributed by atoms with Gasteiger partial charge >= 0.3 is 0 Å². The molecule has 1 fully saturated rings. The Morgan fingerprint density at radius 2 is 1.68 bits per heavy atom. The van der Waals surface area contributed by atoms with Crippen LogP contribution in [-0.2, 0) is 0 Å². The number of ketones is 1. The van der Waals surface area contributed by atoms with Gasteiger partial charge in [0.1, 0.15) is 0 Å². The third-order valence-corrected chi connectivity index (χ3v) is 4.20. The first-order valence-corrected chi connectivity index (χ1v) is 7.30. The zero-order valence-electron chi connectivity index (χ0n) is 12.6. The molecule has 0 unspecified atom stereocenters. The van der Waals surface area contributed by atoms with Gasteiger partial charge in [0, 0.05) is 5.56 Å². The number of rotatable bonds is 3. The molecule has 0 aromatic heterocycles. The first-order chi connectivity index (χ1) is 8.97. The van der Waals surface area contributed by atoms with Gasteiger partial charge in [0.25, 0.3) is 0 Å². The number of nitrogens with zero attached hydrogens (tertiary/aromatic N) is 1. The fourth-order valence-corrected chi connectivity index (χ4v) is 3.12. The van der Waals surface area contributed by atoms with Gasteiger partial charge in [0.05, 0.1) is 6.54 Å². The maximum atomic E-state index is 12.5. The van der Waals surface area contributed by atoms with Crippen LogP contribution in [0.2, 0.25) is 0 Å². The van der Waals surface area contributed by atoms with Crippen molar-refractivity contribution in [2.24, 2.45) is 5.92 Å². The van der Waals surface area contributed by atoms with Gasteiger partial charge in [-0.05, 0) is 63.7 Å². The van der Waals surface area contributed by atoms with Crippen LogP contribution in [0.1, 0.15) is 46.8 Å². The van der Waals surface area contributed by atoms with E-state index in [4.69, 9.17) is 0 Å². The van der Waals surface area contributed by atoms with Crippen LogP contribution in [0.15, 0.2) is 12.1 Å². The third kappa shape index (κ3) is 3.44. The Morgan fingerprint density at radius 3 is 2.21 bits per heavy atom. The van der Waals surface area contributed by atoms with E-state index in [1.807, 2.05) is 13.8 Å². The van der Waals surface area contributed by atoms with Crippen molar-refractivity contribution in [3.63, 3.8) is 0 Å². The summed E-state index contributed by atoms with van der Waals surface area (Å²) in [6.07, 6.45) is 2.44.